The summed E-state index contributed by atoms with van der Waals surface area (Å²) in [5, 5.41) is 2.62. The summed E-state index contributed by atoms with van der Waals surface area (Å²) in [4.78, 5) is 0. The average molecular weight is 408 g/mol. The molecule has 0 aliphatic carbocycles. The maximum atomic E-state index is 15.1. The zero-order chi connectivity index (χ0) is 20.6. The Bertz CT molecular complexity index is 1270. The van der Waals surface area contributed by atoms with Crippen molar-refractivity contribution in [2.45, 2.75) is 0 Å². The van der Waals surface area contributed by atoms with Crippen molar-refractivity contribution < 1.29 is 9.30 Å². The molecule has 0 saturated carbocycles. The number of ether oxygens (including phenoxy) is 1. The van der Waals surface area contributed by atoms with Gasteiger partial charge in [-0.2, -0.15) is 0 Å². The fourth-order valence-electron chi connectivity index (χ4n) is 4.24. The summed E-state index contributed by atoms with van der Waals surface area (Å²) in [6.45, 7) is 0. The van der Waals surface area contributed by atoms with Crippen molar-refractivity contribution in [1.29, 1.82) is 0 Å². The summed E-state index contributed by atoms with van der Waals surface area (Å²) in [6, 6.07) is 36.1. The van der Waals surface area contributed by atoms with Crippen molar-refractivity contribution in [3.63, 3.8) is 0 Å². The Morgan fingerprint density at radius 2 is 1.20 bits per heavy atom. The van der Waals surface area contributed by atoms with E-state index in [4.69, 9.17) is 4.74 Å². The van der Waals surface area contributed by atoms with Crippen LogP contribution in [0.2, 0.25) is 0 Å². The van der Waals surface area contributed by atoms with Crippen LogP contribution in [-0.4, -0.2) is 7.11 Å². The minimum Gasteiger partial charge on any atom is -0.497 e. The van der Waals surface area contributed by atoms with Crippen LogP contribution in [-0.2, 0) is 4.57 Å². The Kier molecular flexibility index (Phi) is 4.65. The van der Waals surface area contributed by atoms with Crippen LogP contribution >= 0.6 is 7.14 Å². The first-order chi connectivity index (χ1) is 14.7. The Labute approximate surface area is 176 Å². The van der Waals surface area contributed by atoms with Gasteiger partial charge in [-0.3, -0.25) is 0 Å². The molecule has 1 heterocycles. The monoisotopic (exact) mass is 408 g/mol. The molecule has 3 heteroatoms. The molecule has 1 aliphatic rings. The molecule has 0 spiro atoms. The molecule has 4 aromatic rings. The first-order valence-corrected chi connectivity index (χ1v) is 11.6. The standard InChI is InChI=1S/C27H21O2P/c1-29-22-16-18-23(19-17-22)30(28)25-15-9-8-14-24(25)26(20-10-4-2-5-11-20)27(30)21-12-6-3-7-13-21/h2-19H,1H3. The van der Waals surface area contributed by atoms with E-state index in [1.165, 1.54) is 0 Å². The number of hydrogen-bond acceptors (Lipinski definition) is 2. The number of fused-ring (bicyclic) bond motifs is 1. The van der Waals surface area contributed by atoms with Crippen LogP contribution < -0.4 is 15.3 Å². The Balaban J connectivity index is 1.88. The highest BCUT2D eigenvalue weighted by atomic mass is 31.2. The summed E-state index contributed by atoms with van der Waals surface area (Å²) in [5.74, 6) is 0.756. The number of methoxy groups -OCH3 is 1. The van der Waals surface area contributed by atoms with E-state index >= 15 is 4.57 Å². The van der Waals surface area contributed by atoms with Crippen LogP contribution in [0.25, 0.3) is 10.9 Å². The van der Waals surface area contributed by atoms with Crippen LogP contribution in [0.4, 0.5) is 0 Å². The normalized spacial score (nSPS) is 17.6. The lowest BCUT2D eigenvalue weighted by molar-refractivity contribution is 0.415. The molecule has 0 aromatic heterocycles. The van der Waals surface area contributed by atoms with E-state index in [9.17, 15) is 0 Å². The maximum absolute atomic E-state index is 15.1. The Morgan fingerprint density at radius 1 is 0.633 bits per heavy atom. The summed E-state index contributed by atoms with van der Waals surface area (Å²) >= 11 is 0. The highest BCUT2D eigenvalue weighted by Gasteiger charge is 2.43. The molecule has 0 amide bonds. The van der Waals surface area contributed by atoms with Crippen LogP contribution in [0.15, 0.2) is 109 Å². The lowest BCUT2D eigenvalue weighted by Gasteiger charge is -2.20. The second kappa shape index (κ2) is 7.48. The van der Waals surface area contributed by atoms with Gasteiger partial charge in [-0.25, -0.2) is 0 Å². The van der Waals surface area contributed by atoms with Gasteiger partial charge >= 0.3 is 0 Å². The Hall–Kier alpha value is -3.35. The van der Waals surface area contributed by atoms with Crippen LogP contribution in [0, 0.1) is 0 Å². The highest BCUT2D eigenvalue weighted by molar-refractivity contribution is 7.88. The van der Waals surface area contributed by atoms with E-state index in [0.29, 0.717) is 0 Å². The molecule has 0 N–H and O–H groups in total. The summed E-state index contributed by atoms with van der Waals surface area (Å²) in [6.07, 6.45) is 0. The minimum absolute atomic E-state index is 0.756. The van der Waals surface area contributed by atoms with Crippen molar-refractivity contribution >= 4 is 28.6 Å². The number of hydrogen-bond donors (Lipinski definition) is 0. The average Bonchev–Trinajstić information content (AvgIpc) is 3.10. The van der Waals surface area contributed by atoms with Gasteiger partial charge in [0.1, 0.15) is 5.75 Å². The minimum atomic E-state index is -3.07. The van der Waals surface area contributed by atoms with Gasteiger partial charge in [0.25, 0.3) is 0 Å². The van der Waals surface area contributed by atoms with Crippen molar-refractivity contribution in [2.24, 2.45) is 0 Å². The summed E-state index contributed by atoms with van der Waals surface area (Å²) < 4.78 is 20.4. The largest absolute Gasteiger partial charge is 0.497 e. The predicted octanol–water partition coefficient (Wildman–Crippen LogP) is 5.94. The van der Waals surface area contributed by atoms with Crippen LogP contribution in [0.5, 0.6) is 5.75 Å². The third-order valence-electron chi connectivity index (χ3n) is 5.61. The molecule has 0 fully saturated rings. The van der Waals surface area contributed by atoms with Gasteiger partial charge in [0, 0.05) is 21.5 Å². The van der Waals surface area contributed by atoms with Gasteiger partial charge in [-0.05, 0) is 41.0 Å². The first-order valence-electron chi connectivity index (χ1n) is 9.94. The lowest BCUT2D eigenvalue weighted by atomic mass is 9.96. The van der Waals surface area contributed by atoms with Gasteiger partial charge in [0.05, 0.1) is 7.11 Å². The summed E-state index contributed by atoms with van der Waals surface area (Å²) in [5.41, 5.74) is 4.17. The smallest absolute Gasteiger partial charge is 0.172 e. The van der Waals surface area contributed by atoms with Gasteiger partial charge in [-0.1, -0.05) is 84.9 Å². The number of benzene rings is 4. The third kappa shape index (κ3) is 2.84. The van der Waals surface area contributed by atoms with Gasteiger partial charge in [0.15, 0.2) is 7.14 Å². The molecular formula is C27H21O2P. The number of rotatable bonds is 4. The first kappa shape index (κ1) is 18.7. The Morgan fingerprint density at radius 3 is 1.83 bits per heavy atom. The molecule has 0 radical (unpaired) electrons. The fourth-order valence-corrected chi connectivity index (χ4v) is 7.49. The molecule has 146 valence electrons. The van der Waals surface area contributed by atoms with Crippen molar-refractivity contribution in [1.82, 2.24) is 0 Å². The highest BCUT2D eigenvalue weighted by Crippen LogP contribution is 2.65. The molecule has 1 unspecified atom stereocenters. The molecule has 4 aromatic carbocycles. The van der Waals surface area contributed by atoms with Crippen LogP contribution in [0.1, 0.15) is 16.7 Å². The second-order valence-electron chi connectivity index (χ2n) is 7.28. The van der Waals surface area contributed by atoms with E-state index in [-0.39, 0.29) is 0 Å². The van der Waals surface area contributed by atoms with Gasteiger partial charge in [-0.15, -0.1) is 0 Å². The van der Waals surface area contributed by atoms with Crippen molar-refractivity contribution in [3.8, 4) is 5.75 Å². The van der Waals surface area contributed by atoms with Crippen molar-refractivity contribution in [3.05, 3.63) is 126 Å². The van der Waals surface area contributed by atoms with E-state index in [0.717, 1.165) is 43.9 Å². The quantitative estimate of drug-likeness (QED) is 0.391. The van der Waals surface area contributed by atoms with E-state index in [2.05, 4.69) is 30.3 Å². The second-order valence-corrected chi connectivity index (χ2v) is 9.94. The van der Waals surface area contributed by atoms with Crippen molar-refractivity contribution in [2.75, 3.05) is 7.11 Å². The summed E-state index contributed by atoms with van der Waals surface area (Å²) in [7, 11) is -1.43. The van der Waals surface area contributed by atoms with E-state index < -0.39 is 7.14 Å². The molecule has 2 nitrogen and oxygen atoms in total. The predicted molar refractivity (Wildman–Crippen MR) is 125 cm³/mol. The molecule has 5 rings (SSSR count). The van der Waals surface area contributed by atoms with Gasteiger partial charge < -0.3 is 9.30 Å². The lowest BCUT2D eigenvalue weighted by Crippen LogP contribution is -2.15. The van der Waals surface area contributed by atoms with E-state index in [1.807, 2.05) is 78.9 Å². The molecule has 1 atom stereocenters. The fraction of sp³-hybridized carbons (Fsp3) is 0.0370. The SMILES string of the molecule is COc1ccc(P2(=O)C(c3ccccc3)=C(c3ccccc3)c3ccccc32)cc1. The molecule has 0 bridgehead atoms. The van der Waals surface area contributed by atoms with E-state index in [1.54, 1.807) is 7.11 Å². The molecule has 0 saturated heterocycles. The molecule has 1 aliphatic heterocycles. The topological polar surface area (TPSA) is 26.3 Å². The zero-order valence-electron chi connectivity index (χ0n) is 16.7. The van der Waals surface area contributed by atoms with Gasteiger partial charge in [0.2, 0.25) is 0 Å². The third-order valence-corrected chi connectivity index (χ3v) is 8.82. The zero-order valence-corrected chi connectivity index (χ0v) is 17.6. The molecule has 30 heavy (non-hydrogen) atoms. The maximum Gasteiger partial charge on any atom is 0.172 e. The van der Waals surface area contributed by atoms with Crippen LogP contribution in [0.3, 0.4) is 0 Å². The molecular weight excluding hydrogens is 387 g/mol.